The third kappa shape index (κ3) is 6.78. The average Bonchev–Trinajstić information content (AvgIpc) is 2.86. The fourth-order valence-corrected chi connectivity index (χ4v) is 3.18. The maximum atomic E-state index is 12.7. The van der Waals surface area contributed by atoms with Gasteiger partial charge in [0.2, 0.25) is 0 Å². The van der Waals surface area contributed by atoms with Gasteiger partial charge < -0.3 is 20.7 Å². The number of aromatic nitrogens is 2. The number of nitrogens with one attached hydrogen (secondary N) is 3. The molecule has 0 aliphatic rings. The molecule has 3 aromatic carbocycles. The topological polar surface area (TPSA) is 114 Å². The Labute approximate surface area is 201 Å². The van der Waals surface area contributed by atoms with Gasteiger partial charge in [-0.1, -0.05) is 42.5 Å². The monoisotopic (exact) mass is 469 g/mol. The van der Waals surface area contributed by atoms with Gasteiger partial charge in [-0.05, 0) is 48.5 Å². The normalized spacial score (nSPS) is 10.3. The molecule has 9 nitrogen and oxygen atoms in total. The molecule has 0 aliphatic carbocycles. The minimum atomic E-state index is -0.492. The molecule has 0 aliphatic heterocycles. The second-order valence-electron chi connectivity index (χ2n) is 7.42. The standard InChI is InChI=1S/C26H23N5O4/c32-24-15-14-23(30-31(24)16-17-35-22-12-5-2-6-13-22)25(33)27-20-10-7-11-21(18-20)29-26(34)28-19-8-3-1-4-9-19/h1-15,18H,16-17H2,(H,27,33)(H2,28,29,34). The summed E-state index contributed by atoms with van der Waals surface area (Å²) in [5, 5.41) is 12.3. The number of benzene rings is 3. The fourth-order valence-electron chi connectivity index (χ4n) is 3.18. The van der Waals surface area contributed by atoms with E-state index in [-0.39, 0.29) is 24.4 Å². The maximum Gasteiger partial charge on any atom is 0.323 e. The molecule has 0 unspecified atom stereocenters. The summed E-state index contributed by atoms with van der Waals surface area (Å²) in [6.07, 6.45) is 0. The smallest absolute Gasteiger partial charge is 0.323 e. The molecule has 3 N–H and O–H groups in total. The lowest BCUT2D eigenvalue weighted by molar-refractivity contribution is 0.101. The van der Waals surface area contributed by atoms with Crippen LogP contribution in [0.1, 0.15) is 10.5 Å². The molecule has 9 heteroatoms. The van der Waals surface area contributed by atoms with Gasteiger partial charge in [0.15, 0.2) is 0 Å². The molecule has 0 saturated heterocycles. The largest absolute Gasteiger partial charge is 0.492 e. The van der Waals surface area contributed by atoms with Gasteiger partial charge in [0.05, 0.1) is 6.54 Å². The molecule has 0 atom stereocenters. The molecular formula is C26H23N5O4. The zero-order chi connectivity index (χ0) is 24.5. The number of nitrogens with zero attached hydrogens (tertiary/aromatic N) is 2. The Kier molecular flexibility index (Phi) is 7.49. The number of hydrogen-bond donors (Lipinski definition) is 3. The number of para-hydroxylation sites is 2. The lowest BCUT2D eigenvalue weighted by atomic mass is 10.2. The van der Waals surface area contributed by atoms with E-state index in [4.69, 9.17) is 4.74 Å². The first-order valence-electron chi connectivity index (χ1n) is 10.9. The van der Waals surface area contributed by atoms with Crippen molar-refractivity contribution in [1.29, 1.82) is 0 Å². The minimum absolute atomic E-state index is 0.0736. The van der Waals surface area contributed by atoms with Crippen molar-refractivity contribution in [3.63, 3.8) is 0 Å². The number of carbonyl (C=O) groups is 2. The van der Waals surface area contributed by atoms with Crippen LogP contribution in [0.4, 0.5) is 21.9 Å². The summed E-state index contributed by atoms with van der Waals surface area (Å²) in [7, 11) is 0. The molecule has 1 heterocycles. The molecule has 1 aromatic heterocycles. The summed E-state index contributed by atoms with van der Waals surface area (Å²) in [6, 6.07) is 27.2. The Morgan fingerprint density at radius 3 is 2.11 bits per heavy atom. The molecule has 0 fully saturated rings. The molecule has 0 bridgehead atoms. The van der Waals surface area contributed by atoms with Crippen molar-refractivity contribution >= 4 is 29.0 Å². The summed E-state index contributed by atoms with van der Waals surface area (Å²) in [6.45, 7) is 0.408. The third-order valence-electron chi connectivity index (χ3n) is 4.82. The van der Waals surface area contributed by atoms with Crippen LogP contribution in [-0.2, 0) is 6.54 Å². The molecule has 0 saturated carbocycles. The van der Waals surface area contributed by atoms with Gasteiger partial charge in [-0.15, -0.1) is 0 Å². The number of anilines is 3. The summed E-state index contributed by atoms with van der Waals surface area (Å²) >= 11 is 0. The van der Waals surface area contributed by atoms with Crippen LogP contribution in [0.15, 0.2) is 102 Å². The van der Waals surface area contributed by atoms with Crippen LogP contribution in [0.25, 0.3) is 0 Å². The van der Waals surface area contributed by atoms with Crippen molar-refractivity contribution in [2.45, 2.75) is 6.54 Å². The van der Waals surface area contributed by atoms with E-state index in [0.29, 0.717) is 22.8 Å². The number of urea groups is 1. The molecule has 0 spiro atoms. The molecule has 3 amide bonds. The highest BCUT2D eigenvalue weighted by molar-refractivity contribution is 6.04. The van der Waals surface area contributed by atoms with E-state index in [9.17, 15) is 14.4 Å². The van der Waals surface area contributed by atoms with Gasteiger partial charge in [0.25, 0.3) is 11.5 Å². The third-order valence-corrected chi connectivity index (χ3v) is 4.82. The molecule has 4 rings (SSSR count). The van der Waals surface area contributed by atoms with Crippen molar-refractivity contribution in [1.82, 2.24) is 9.78 Å². The van der Waals surface area contributed by atoms with E-state index in [1.54, 1.807) is 36.4 Å². The number of carbonyl (C=O) groups excluding carboxylic acids is 2. The van der Waals surface area contributed by atoms with Gasteiger partial charge in [0, 0.05) is 23.1 Å². The SMILES string of the molecule is O=C(Nc1ccccc1)Nc1cccc(NC(=O)c2ccc(=O)n(CCOc3ccccc3)n2)c1. The lowest BCUT2D eigenvalue weighted by Crippen LogP contribution is -2.28. The van der Waals surface area contributed by atoms with Crippen LogP contribution in [0.5, 0.6) is 5.75 Å². The minimum Gasteiger partial charge on any atom is -0.492 e. The van der Waals surface area contributed by atoms with Crippen molar-refractivity contribution < 1.29 is 14.3 Å². The second kappa shape index (κ2) is 11.3. The highest BCUT2D eigenvalue weighted by atomic mass is 16.5. The Morgan fingerprint density at radius 2 is 1.37 bits per heavy atom. The first-order valence-corrected chi connectivity index (χ1v) is 10.9. The Bertz CT molecular complexity index is 1360. The summed E-state index contributed by atoms with van der Waals surface area (Å²) in [4.78, 5) is 37.1. The molecule has 176 valence electrons. The summed E-state index contributed by atoms with van der Waals surface area (Å²) < 4.78 is 6.79. The molecular weight excluding hydrogens is 446 g/mol. The van der Waals surface area contributed by atoms with Crippen molar-refractivity contribution in [3.8, 4) is 5.75 Å². The Morgan fingerprint density at radius 1 is 0.743 bits per heavy atom. The quantitative estimate of drug-likeness (QED) is 0.358. The fraction of sp³-hybridized carbons (Fsp3) is 0.0769. The van der Waals surface area contributed by atoms with Gasteiger partial charge >= 0.3 is 6.03 Å². The number of rotatable bonds is 8. The van der Waals surface area contributed by atoms with E-state index in [0.717, 1.165) is 0 Å². The van der Waals surface area contributed by atoms with Gasteiger partial charge in [0.1, 0.15) is 18.1 Å². The summed E-state index contributed by atoms with van der Waals surface area (Å²) in [5.41, 5.74) is 1.34. The zero-order valence-electron chi connectivity index (χ0n) is 18.7. The van der Waals surface area contributed by atoms with E-state index in [2.05, 4.69) is 21.0 Å². The van der Waals surface area contributed by atoms with Crippen LogP contribution in [-0.4, -0.2) is 28.3 Å². The van der Waals surface area contributed by atoms with Crippen LogP contribution >= 0.6 is 0 Å². The van der Waals surface area contributed by atoms with E-state index in [1.165, 1.54) is 16.8 Å². The van der Waals surface area contributed by atoms with Crippen LogP contribution < -0.4 is 26.2 Å². The van der Waals surface area contributed by atoms with E-state index < -0.39 is 11.9 Å². The average molecular weight is 470 g/mol. The highest BCUT2D eigenvalue weighted by Gasteiger charge is 2.11. The van der Waals surface area contributed by atoms with E-state index in [1.807, 2.05) is 48.5 Å². The highest BCUT2D eigenvalue weighted by Crippen LogP contribution is 2.16. The maximum absolute atomic E-state index is 12.7. The number of amides is 3. The van der Waals surface area contributed by atoms with Crippen LogP contribution in [0.3, 0.4) is 0 Å². The Balaban J connectivity index is 1.36. The van der Waals surface area contributed by atoms with E-state index >= 15 is 0 Å². The molecule has 35 heavy (non-hydrogen) atoms. The summed E-state index contributed by atoms with van der Waals surface area (Å²) in [5.74, 6) is 0.189. The van der Waals surface area contributed by atoms with Crippen LogP contribution in [0, 0.1) is 0 Å². The lowest BCUT2D eigenvalue weighted by Gasteiger charge is -2.11. The predicted molar refractivity (Wildman–Crippen MR) is 134 cm³/mol. The Hall–Kier alpha value is -4.92. The molecule has 0 radical (unpaired) electrons. The zero-order valence-corrected chi connectivity index (χ0v) is 18.7. The van der Waals surface area contributed by atoms with Crippen molar-refractivity contribution in [3.05, 3.63) is 113 Å². The van der Waals surface area contributed by atoms with Gasteiger partial charge in [-0.2, -0.15) is 5.10 Å². The van der Waals surface area contributed by atoms with Gasteiger partial charge in [-0.25, -0.2) is 9.48 Å². The van der Waals surface area contributed by atoms with Crippen molar-refractivity contribution in [2.24, 2.45) is 0 Å². The van der Waals surface area contributed by atoms with Crippen molar-refractivity contribution in [2.75, 3.05) is 22.6 Å². The number of hydrogen-bond acceptors (Lipinski definition) is 5. The first-order chi connectivity index (χ1) is 17.1. The number of ether oxygens (including phenoxy) is 1. The second-order valence-corrected chi connectivity index (χ2v) is 7.42. The van der Waals surface area contributed by atoms with Crippen LogP contribution in [0.2, 0.25) is 0 Å². The first kappa shape index (κ1) is 23.2. The predicted octanol–water partition coefficient (Wildman–Crippen LogP) is 4.22. The van der Waals surface area contributed by atoms with Gasteiger partial charge in [-0.3, -0.25) is 9.59 Å². The molecule has 4 aromatic rings.